The minimum absolute atomic E-state index is 0.0512. The molecule has 0 saturated heterocycles. The molecule has 1 aromatic rings. The zero-order valence-electron chi connectivity index (χ0n) is 10.6. The monoisotopic (exact) mass is 254 g/mol. The lowest BCUT2D eigenvalue weighted by Gasteiger charge is -2.18. The third-order valence-corrected chi connectivity index (χ3v) is 2.92. The predicted octanol–water partition coefficient (Wildman–Crippen LogP) is 2.33. The fraction of sp³-hybridized carbons (Fsp3) is 0.462. The van der Waals surface area contributed by atoms with Crippen LogP contribution < -0.4 is 5.32 Å². The van der Waals surface area contributed by atoms with Crippen LogP contribution in [0.15, 0.2) is 18.2 Å². The van der Waals surface area contributed by atoms with Gasteiger partial charge in [-0.15, -0.1) is 0 Å². The van der Waals surface area contributed by atoms with Crippen LogP contribution in [-0.2, 0) is 0 Å². The first-order valence-corrected chi connectivity index (χ1v) is 6.10. The third-order valence-electron chi connectivity index (χ3n) is 2.69. The van der Waals surface area contributed by atoms with Gasteiger partial charge in [0.25, 0.3) is 5.91 Å². The van der Waals surface area contributed by atoms with Crippen LogP contribution in [0, 0.1) is 6.92 Å². The van der Waals surface area contributed by atoms with Gasteiger partial charge >= 0.3 is 0 Å². The van der Waals surface area contributed by atoms with Crippen molar-refractivity contribution in [1.82, 2.24) is 10.2 Å². The van der Waals surface area contributed by atoms with Crippen molar-refractivity contribution < 1.29 is 4.79 Å². The number of nitrogens with zero attached hydrogens (tertiary/aromatic N) is 1. The Balaban J connectivity index is 2.68. The first-order valence-electron chi connectivity index (χ1n) is 5.72. The Morgan fingerprint density at radius 2 is 2.18 bits per heavy atom. The summed E-state index contributed by atoms with van der Waals surface area (Å²) in [4.78, 5) is 13.9. The highest BCUT2D eigenvalue weighted by molar-refractivity contribution is 6.30. The molecule has 4 heteroatoms. The summed E-state index contributed by atoms with van der Waals surface area (Å²) in [6, 6.07) is 5.36. The van der Waals surface area contributed by atoms with Gasteiger partial charge in [0.1, 0.15) is 0 Å². The molecule has 0 fully saturated rings. The molecule has 94 valence electrons. The fourth-order valence-corrected chi connectivity index (χ4v) is 1.89. The summed E-state index contributed by atoms with van der Waals surface area (Å²) < 4.78 is 0. The Morgan fingerprint density at radius 3 is 2.76 bits per heavy atom. The van der Waals surface area contributed by atoms with Gasteiger partial charge in [-0.1, -0.05) is 11.6 Å². The topological polar surface area (TPSA) is 32.3 Å². The summed E-state index contributed by atoms with van der Waals surface area (Å²) >= 11 is 5.87. The predicted molar refractivity (Wildman–Crippen MR) is 71.7 cm³/mol. The maximum absolute atomic E-state index is 12.1. The molecule has 1 aromatic carbocycles. The van der Waals surface area contributed by atoms with E-state index in [-0.39, 0.29) is 5.91 Å². The summed E-state index contributed by atoms with van der Waals surface area (Å²) in [6.07, 6.45) is 0.950. The summed E-state index contributed by atoms with van der Waals surface area (Å²) in [5.41, 5.74) is 1.64. The average Bonchev–Trinajstić information content (AvgIpc) is 2.28. The number of hydrogen-bond donors (Lipinski definition) is 1. The number of carbonyl (C=O) groups is 1. The van der Waals surface area contributed by atoms with Crippen molar-refractivity contribution in [3.05, 3.63) is 34.3 Å². The van der Waals surface area contributed by atoms with E-state index in [1.165, 1.54) is 0 Å². The van der Waals surface area contributed by atoms with Gasteiger partial charge in [-0.3, -0.25) is 4.79 Å². The van der Waals surface area contributed by atoms with Gasteiger partial charge in [-0.05, 0) is 50.7 Å². The first kappa shape index (κ1) is 14.0. The Kier molecular flexibility index (Phi) is 5.45. The molecule has 0 aromatic heterocycles. The number of rotatable bonds is 5. The summed E-state index contributed by atoms with van der Waals surface area (Å²) in [7, 11) is 3.73. The molecule has 0 aliphatic rings. The summed E-state index contributed by atoms with van der Waals surface area (Å²) in [5, 5.41) is 3.73. The molecule has 0 saturated carbocycles. The van der Waals surface area contributed by atoms with Crippen LogP contribution in [0.5, 0.6) is 0 Å². The normalized spacial score (nSPS) is 10.4. The molecular weight excluding hydrogens is 236 g/mol. The molecule has 0 heterocycles. The molecule has 0 unspecified atom stereocenters. The van der Waals surface area contributed by atoms with Crippen molar-refractivity contribution in [2.45, 2.75) is 13.3 Å². The van der Waals surface area contributed by atoms with E-state index in [1.54, 1.807) is 17.0 Å². The minimum Gasteiger partial charge on any atom is -0.342 e. The number of hydrogen-bond acceptors (Lipinski definition) is 2. The molecule has 3 nitrogen and oxygen atoms in total. The van der Waals surface area contributed by atoms with Crippen molar-refractivity contribution in [2.75, 3.05) is 27.2 Å². The van der Waals surface area contributed by atoms with Gasteiger partial charge in [-0.25, -0.2) is 0 Å². The molecule has 0 bridgehead atoms. The number of halogens is 1. The molecule has 0 atom stereocenters. The van der Waals surface area contributed by atoms with Crippen LogP contribution in [0.1, 0.15) is 22.3 Å². The van der Waals surface area contributed by atoms with Crippen LogP contribution in [0.4, 0.5) is 0 Å². The quantitative estimate of drug-likeness (QED) is 0.818. The lowest BCUT2D eigenvalue weighted by Crippen LogP contribution is -2.29. The van der Waals surface area contributed by atoms with Crippen molar-refractivity contribution >= 4 is 17.5 Å². The van der Waals surface area contributed by atoms with E-state index in [0.717, 1.165) is 30.6 Å². The second-order valence-corrected chi connectivity index (χ2v) is 4.58. The van der Waals surface area contributed by atoms with Gasteiger partial charge in [-0.2, -0.15) is 0 Å². The largest absolute Gasteiger partial charge is 0.342 e. The van der Waals surface area contributed by atoms with E-state index in [4.69, 9.17) is 11.6 Å². The van der Waals surface area contributed by atoms with Crippen molar-refractivity contribution in [3.63, 3.8) is 0 Å². The summed E-state index contributed by atoms with van der Waals surface area (Å²) in [6.45, 7) is 3.57. The smallest absolute Gasteiger partial charge is 0.253 e. The molecule has 0 radical (unpaired) electrons. The fourth-order valence-electron chi connectivity index (χ4n) is 1.67. The second-order valence-electron chi connectivity index (χ2n) is 4.14. The van der Waals surface area contributed by atoms with Crippen molar-refractivity contribution in [1.29, 1.82) is 0 Å². The van der Waals surface area contributed by atoms with E-state index in [2.05, 4.69) is 5.32 Å². The zero-order valence-corrected chi connectivity index (χ0v) is 11.3. The number of benzene rings is 1. The molecule has 0 aliphatic heterocycles. The van der Waals surface area contributed by atoms with Gasteiger partial charge in [0.05, 0.1) is 0 Å². The highest BCUT2D eigenvalue weighted by Crippen LogP contribution is 2.16. The van der Waals surface area contributed by atoms with Gasteiger partial charge in [0.2, 0.25) is 0 Å². The van der Waals surface area contributed by atoms with Gasteiger partial charge in [0.15, 0.2) is 0 Å². The van der Waals surface area contributed by atoms with Crippen LogP contribution in [-0.4, -0.2) is 38.0 Å². The van der Waals surface area contributed by atoms with E-state index >= 15 is 0 Å². The van der Waals surface area contributed by atoms with E-state index in [9.17, 15) is 4.79 Å². The van der Waals surface area contributed by atoms with Crippen LogP contribution in [0.25, 0.3) is 0 Å². The number of aryl methyl sites for hydroxylation is 1. The minimum atomic E-state index is 0.0512. The maximum atomic E-state index is 12.1. The first-order chi connectivity index (χ1) is 8.06. The Morgan fingerprint density at radius 1 is 1.47 bits per heavy atom. The SMILES string of the molecule is CNCCCN(C)C(=O)c1ccc(Cl)cc1C. The number of carbonyl (C=O) groups excluding carboxylic acids is 1. The van der Waals surface area contributed by atoms with Crippen LogP contribution in [0.2, 0.25) is 5.02 Å². The highest BCUT2D eigenvalue weighted by atomic mass is 35.5. The van der Waals surface area contributed by atoms with Crippen LogP contribution >= 0.6 is 11.6 Å². The second kappa shape index (κ2) is 6.62. The van der Waals surface area contributed by atoms with Crippen LogP contribution in [0.3, 0.4) is 0 Å². The Labute approximate surface area is 108 Å². The highest BCUT2D eigenvalue weighted by Gasteiger charge is 2.13. The average molecular weight is 255 g/mol. The Hall–Kier alpha value is -1.06. The number of amides is 1. The molecule has 1 amide bonds. The molecule has 1 rings (SSSR count). The zero-order chi connectivity index (χ0) is 12.8. The van der Waals surface area contributed by atoms with Gasteiger partial charge in [0, 0.05) is 24.2 Å². The molecule has 0 spiro atoms. The number of nitrogens with one attached hydrogen (secondary N) is 1. The van der Waals surface area contributed by atoms with Crippen molar-refractivity contribution in [3.8, 4) is 0 Å². The molecule has 17 heavy (non-hydrogen) atoms. The molecule has 1 N–H and O–H groups in total. The third kappa shape index (κ3) is 4.02. The lowest BCUT2D eigenvalue weighted by atomic mass is 10.1. The van der Waals surface area contributed by atoms with E-state index < -0.39 is 0 Å². The van der Waals surface area contributed by atoms with E-state index in [0.29, 0.717) is 5.02 Å². The lowest BCUT2D eigenvalue weighted by molar-refractivity contribution is 0.0793. The maximum Gasteiger partial charge on any atom is 0.253 e. The van der Waals surface area contributed by atoms with Gasteiger partial charge < -0.3 is 10.2 Å². The molecular formula is C13H19ClN2O. The van der Waals surface area contributed by atoms with E-state index in [1.807, 2.05) is 27.1 Å². The summed E-state index contributed by atoms with van der Waals surface area (Å²) in [5.74, 6) is 0.0512. The molecule has 0 aliphatic carbocycles. The standard InChI is InChI=1S/C13H19ClN2O/c1-10-9-11(14)5-6-12(10)13(17)16(3)8-4-7-15-2/h5-6,9,15H,4,7-8H2,1-3H3. The Bertz CT molecular complexity index is 393. The van der Waals surface area contributed by atoms with Crippen molar-refractivity contribution in [2.24, 2.45) is 0 Å².